The number of aromatic nitrogens is 2. The van der Waals surface area contributed by atoms with Crippen molar-refractivity contribution in [3.8, 4) is 11.6 Å². The van der Waals surface area contributed by atoms with Crippen molar-refractivity contribution in [1.82, 2.24) is 9.78 Å². The van der Waals surface area contributed by atoms with Gasteiger partial charge in [-0.1, -0.05) is 48.0 Å². The summed E-state index contributed by atoms with van der Waals surface area (Å²) in [4.78, 5) is 11.1. The molecule has 0 aliphatic rings. The highest BCUT2D eigenvalue weighted by Crippen LogP contribution is 2.33. The Labute approximate surface area is 168 Å². The Morgan fingerprint density at radius 2 is 1.93 bits per heavy atom. The van der Waals surface area contributed by atoms with Gasteiger partial charge in [0.2, 0.25) is 5.88 Å². The number of hydrogen-bond acceptors (Lipinski definition) is 4. The van der Waals surface area contributed by atoms with Gasteiger partial charge < -0.3 is 15.2 Å². The van der Waals surface area contributed by atoms with Crippen molar-refractivity contribution < 1.29 is 14.3 Å². The molecule has 0 aliphatic heterocycles. The van der Waals surface area contributed by atoms with Gasteiger partial charge >= 0.3 is 6.09 Å². The summed E-state index contributed by atoms with van der Waals surface area (Å²) in [6.07, 6.45) is -0.275. The highest BCUT2D eigenvalue weighted by molar-refractivity contribution is 6.30. The molecule has 0 bridgehead atoms. The summed E-state index contributed by atoms with van der Waals surface area (Å²) in [5, 5.41) is 5.20. The minimum absolute atomic E-state index is 0.0247. The number of rotatable bonds is 7. The lowest BCUT2D eigenvalue weighted by Crippen LogP contribution is -2.13. The third-order valence-corrected chi connectivity index (χ3v) is 4.35. The number of nitrogens with two attached hydrogens (primary N) is 1. The molecule has 3 rings (SSSR count). The summed E-state index contributed by atoms with van der Waals surface area (Å²) >= 11 is 6.10. The van der Waals surface area contributed by atoms with Crippen molar-refractivity contribution in [2.24, 2.45) is 5.73 Å². The molecule has 1 aromatic heterocycles. The van der Waals surface area contributed by atoms with Gasteiger partial charge in [-0.05, 0) is 37.6 Å². The summed E-state index contributed by atoms with van der Waals surface area (Å²) in [6.45, 7) is 3.98. The van der Waals surface area contributed by atoms with Gasteiger partial charge in [0.05, 0.1) is 6.04 Å². The zero-order chi connectivity index (χ0) is 20.1. The molecule has 28 heavy (non-hydrogen) atoms. The second kappa shape index (κ2) is 8.80. The van der Waals surface area contributed by atoms with Gasteiger partial charge in [0.25, 0.3) is 0 Å². The largest absolute Gasteiger partial charge is 0.443 e. The van der Waals surface area contributed by atoms with E-state index in [9.17, 15) is 4.79 Å². The monoisotopic (exact) mass is 399 g/mol. The van der Waals surface area contributed by atoms with Crippen LogP contribution in [0, 0.1) is 0 Å². The normalized spacial score (nSPS) is 10.9. The first kappa shape index (κ1) is 19.8. The van der Waals surface area contributed by atoms with Crippen LogP contribution in [0.2, 0.25) is 5.02 Å². The van der Waals surface area contributed by atoms with Gasteiger partial charge in [-0.15, -0.1) is 0 Å². The zero-order valence-electron chi connectivity index (χ0n) is 15.8. The van der Waals surface area contributed by atoms with Crippen molar-refractivity contribution in [3.05, 3.63) is 76.4 Å². The predicted octanol–water partition coefficient (Wildman–Crippen LogP) is 5.10. The van der Waals surface area contributed by atoms with E-state index in [0.29, 0.717) is 28.8 Å². The summed E-state index contributed by atoms with van der Waals surface area (Å²) in [7, 11) is 0. The zero-order valence-corrected chi connectivity index (χ0v) is 16.5. The molecule has 6 nitrogen and oxygen atoms in total. The van der Waals surface area contributed by atoms with Crippen molar-refractivity contribution in [2.75, 3.05) is 0 Å². The van der Waals surface area contributed by atoms with E-state index in [0.717, 1.165) is 11.1 Å². The van der Waals surface area contributed by atoms with Crippen LogP contribution in [0.5, 0.6) is 11.6 Å². The van der Waals surface area contributed by atoms with E-state index < -0.39 is 6.09 Å². The second-order valence-corrected chi connectivity index (χ2v) is 7.03. The lowest BCUT2D eigenvalue weighted by molar-refractivity contribution is 0.148. The predicted molar refractivity (Wildman–Crippen MR) is 108 cm³/mol. The molecule has 0 saturated carbocycles. The fourth-order valence-corrected chi connectivity index (χ4v) is 3.01. The maximum atomic E-state index is 11.1. The van der Waals surface area contributed by atoms with E-state index in [-0.39, 0.29) is 12.6 Å². The van der Waals surface area contributed by atoms with Crippen LogP contribution in [0.25, 0.3) is 0 Å². The molecule has 0 aliphatic carbocycles. The van der Waals surface area contributed by atoms with Crippen molar-refractivity contribution in [2.45, 2.75) is 32.9 Å². The number of primary amides is 1. The number of amides is 1. The number of carbonyl (C=O) groups is 1. The Balaban J connectivity index is 2.06. The molecule has 0 unspecified atom stereocenters. The third kappa shape index (κ3) is 4.84. The van der Waals surface area contributed by atoms with E-state index in [1.165, 1.54) is 0 Å². The van der Waals surface area contributed by atoms with E-state index >= 15 is 0 Å². The number of nitrogens with zero attached hydrogens (tertiary/aromatic N) is 2. The summed E-state index contributed by atoms with van der Waals surface area (Å²) in [5.74, 6) is 1.19. The SMILES string of the molecule is CC(C)n1nc(COC(N)=O)c(Cc2ccccc2)c1Oc1cccc(Cl)c1. The van der Waals surface area contributed by atoms with Gasteiger partial charge in [0.15, 0.2) is 0 Å². The Morgan fingerprint density at radius 1 is 1.18 bits per heavy atom. The van der Waals surface area contributed by atoms with Crippen LogP contribution in [0.3, 0.4) is 0 Å². The molecule has 7 heteroatoms. The average molecular weight is 400 g/mol. The number of halogens is 1. The summed E-state index contributed by atoms with van der Waals surface area (Å²) in [6, 6.07) is 17.2. The van der Waals surface area contributed by atoms with Crippen LogP contribution in [-0.2, 0) is 17.8 Å². The minimum Gasteiger partial charge on any atom is -0.443 e. The van der Waals surface area contributed by atoms with E-state index in [2.05, 4.69) is 5.10 Å². The van der Waals surface area contributed by atoms with Gasteiger partial charge in [-0.25, -0.2) is 9.48 Å². The van der Waals surface area contributed by atoms with E-state index in [1.807, 2.05) is 56.3 Å². The first-order chi connectivity index (χ1) is 13.4. The standard InChI is InChI=1S/C21H22ClN3O3/c1-14(2)25-20(28-17-10-6-9-16(22)12-17)18(11-15-7-4-3-5-8-15)19(24-25)13-27-21(23)26/h3-10,12,14H,11,13H2,1-2H3,(H2,23,26). The lowest BCUT2D eigenvalue weighted by Gasteiger charge is -2.14. The van der Waals surface area contributed by atoms with Crippen molar-refractivity contribution >= 4 is 17.7 Å². The molecule has 2 aromatic carbocycles. The Hall–Kier alpha value is -2.99. The summed E-state index contributed by atoms with van der Waals surface area (Å²) < 4.78 is 13.0. The Kier molecular flexibility index (Phi) is 6.21. The molecule has 0 atom stereocenters. The molecule has 3 aromatic rings. The quantitative estimate of drug-likeness (QED) is 0.599. The van der Waals surface area contributed by atoms with Gasteiger partial charge in [0, 0.05) is 17.0 Å². The van der Waals surface area contributed by atoms with Gasteiger partial charge in [0.1, 0.15) is 18.1 Å². The fraction of sp³-hybridized carbons (Fsp3) is 0.238. The number of hydrogen-bond donors (Lipinski definition) is 1. The van der Waals surface area contributed by atoms with Crippen molar-refractivity contribution in [3.63, 3.8) is 0 Å². The molecular weight excluding hydrogens is 378 g/mol. The topological polar surface area (TPSA) is 79.4 Å². The maximum Gasteiger partial charge on any atom is 0.404 e. The minimum atomic E-state index is -0.845. The van der Waals surface area contributed by atoms with Crippen LogP contribution < -0.4 is 10.5 Å². The molecule has 1 amide bonds. The lowest BCUT2D eigenvalue weighted by atomic mass is 10.1. The Bertz CT molecular complexity index is 955. The number of carbonyl (C=O) groups excluding carboxylic acids is 1. The van der Waals surface area contributed by atoms with Crippen LogP contribution in [0.15, 0.2) is 54.6 Å². The summed E-state index contributed by atoms with van der Waals surface area (Å²) in [5.41, 5.74) is 7.67. The van der Waals surface area contributed by atoms with Crippen LogP contribution in [0.1, 0.15) is 36.7 Å². The first-order valence-electron chi connectivity index (χ1n) is 8.94. The maximum absolute atomic E-state index is 11.1. The van der Waals surface area contributed by atoms with Crippen LogP contribution >= 0.6 is 11.6 Å². The molecule has 146 valence electrons. The first-order valence-corrected chi connectivity index (χ1v) is 9.31. The third-order valence-electron chi connectivity index (χ3n) is 4.12. The highest BCUT2D eigenvalue weighted by atomic mass is 35.5. The Morgan fingerprint density at radius 3 is 2.57 bits per heavy atom. The van der Waals surface area contributed by atoms with Crippen molar-refractivity contribution in [1.29, 1.82) is 0 Å². The second-order valence-electron chi connectivity index (χ2n) is 6.60. The van der Waals surface area contributed by atoms with E-state index in [1.54, 1.807) is 16.8 Å². The van der Waals surface area contributed by atoms with Gasteiger partial charge in [-0.3, -0.25) is 0 Å². The van der Waals surface area contributed by atoms with E-state index in [4.69, 9.17) is 26.8 Å². The van der Waals surface area contributed by atoms with Crippen LogP contribution in [-0.4, -0.2) is 15.9 Å². The fourth-order valence-electron chi connectivity index (χ4n) is 2.83. The van der Waals surface area contributed by atoms with Crippen LogP contribution in [0.4, 0.5) is 4.79 Å². The molecular formula is C21H22ClN3O3. The molecule has 2 N–H and O–H groups in total. The number of benzene rings is 2. The molecule has 0 fully saturated rings. The van der Waals surface area contributed by atoms with Gasteiger partial charge in [-0.2, -0.15) is 5.10 Å². The molecule has 0 spiro atoms. The molecule has 0 radical (unpaired) electrons. The smallest absolute Gasteiger partial charge is 0.404 e. The average Bonchev–Trinajstić information content (AvgIpc) is 2.98. The number of ether oxygens (including phenoxy) is 2. The molecule has 0 saturated heterocycles. The highest BCUT2D eigenvalue weighted by Gasteiger charge is 2.23. The molecule has 1 heterocycles.